The molecule has 6 rings (SSSR count). The Bertz CT molecular complexity index is 1000. The van der Waals surface area contributed by atoms with Crippen LogP contribution in [-0.2, 0) is 11.2 Å². The Morgan fingerprint density at radius 1 is 0.964 bits per heavy atom. The number of cyclic esters (lactones) is 1. The van der Waals surface area contributed by atoms with E-state index in [9.17, 15) is 4.79 Å². The van der Waals surface area contributed by atoms with E-state index in [1.165, 1.54) is 0 Å². The van der Waals surface area contributed by atoms with Crippen molar-refractivity contribution in [3.8, 4) is 28.7 Å². The first kappa shape index (κ1) is 15.7. The van der Waals surface area contributed by atoms with Crippen molar-refractivity contribution in [2.75, 3.05) is 27.3 Å². The topological polar surface area (TPSA) is 75.7 Å². The number of carbonyl (C=O) groups excluding carboxylic acids is 1. The average Bonchev–Trinajstić information content (AvgIpc) is 3.43. The fourth-order valence-corrected chi connectivity index (χ4v) is 4.43. The van der Waals surface area contributed by atoms with E-state index in [0.29, 0.717) is 36.0 Å². The van der Waals surface area contributed by atoms with Gasteiger partial charge in [0.25, 0.3) is 0 Å². The van der Waals surface area contributed by atoms with E-state index in [1.54, 1.807) is 12.0 Å². The minimum Gasteiger partial charge on any atom is -0.493 e. The first-order valence-electron chi connectivity index (χ1n) is 9.08. The maximum atomic E-state index is 12.6. The molecule has 2 atom stereocenters. The van der Waals surface area contributed by atoms with Crippen LogP contribution in [0.4, 0.5) is 4.79 Å². The van der Waals surface area contributed by atoms with Crippen LogP contribution in [0, 0.1) is 0 Å². The Morgan fingerprint density at radius 3 is 2.61 bits per heavy atom. The van der Waals surface area contributed by atoms with Gasteiger partial charge in [0.15, 0.2) is 23.0 Å². The molecule has 4 aliphatic rings. The van der Waals surface area contributed by atoms with Gasteiger partial charge < -0.3 is 28.4 Å². The Kier molecular flexibility index (Phi) is 3.15. The lowest BCUT2D eigenvalue weighted by Crippen LogP contribution is -2.42. The Hall–Kier alpha value is -3.29. The van der Waals surface area contributed by atoms with Gasteiger partial charge in [-0.05, 0) is 47.4 Å². The number of benzene rings is 2. The molecule has 0 bridgehead atoms. The zero-order valence-electron chi connectivity index (χ0n) is 15.1. The number of ether oxygens (including phenoxy) is 6. The van der Waals surface area contributed by atoms with Gasteiger partial charge in [0.1, 0.15) is 6.61 Å². The molecule has 28 heavy (non-hydrogen) atoms. The van der Waals surface area contributed by atoms with Gasteiger partial charge in [-0.15, -0.1) is 0 Å². The van der Waals surface area contributed by atoms with E-state index in [1.807, 2.05) is 24.3 Å². The van der Waals surface area contributed by atoms with Crippen LogP contribution in [0.1, 0.15) is 22.7 Å². The van der Waals surface area contributed by atoms with E-state index >= 15 is 0 Å². The zero-order chi connectivity index (χ0) is 18.8. The maximum Gasteiger partial charge on any atom is 0.411 e. The number of nitrogens with zero attached hydrogens (tertiary/aromatic N) is 1. The largest absolute Gasteiger partial charge is 0.493 e. The monoisotopic (exact) mass is 383 g/mol. The molecule has 1 saturated heterocycles. The Labute approximate surface area is 160 Å². The van der Waals surface area contributed by atoms with E-state index in [2.05, 4.69) is 0 Å². The molecule has 4 heterocycles. The van der Waals surface area contributed by atoms with Crippen molar-refractivity contribution in [1.29, 1.82) is 0 Å². The molecule has 8 heteroatoms. The van der Waals surface area contributed by atoms with Crippen LogP contribution in [0.25, 0.3) is 0 Å². The van der Waals surface area contributed by atoms with E-state index in [4.69, 9.17) is 28.4 Å². The van der Waals surface area contributed by atoms with Gasteiger partial charge in [-0.1, -0.05) is 0 Å². The first-order chi connectivity index (χ1) is 13.7. The van der Waals surface area contributed by atoms with Crippen molar-refractivity contribution in [3.05, 3.63) is 41.0 Å². The third kappa shape index (κ3) is 2.08. The summed E-state index contributed by atoms with van der Waals surface area (Å²) in [4.78, 5) is 14.4. The molecule has 2 aromatic carbocycles. The second kappa shape index (κ2) is 5.60. The van der Waals surface area contributed by atoms with E-state index in [0.717, 1.165) is 22.4 Å². The molecular formula is C20H17NO7. The second-order valence-corrected chi connectivity index (χ2v) is 7.11. The third-order valence-corrected chi connectivity index (χ3v) is 5.66. The average molecular weight is 383 g/mol. The molecular weight excluding hydrogens is 366 g/mol. The normalized spacial score (nSPS) is 23.3. The SMILES string of the molecule is COc1cc([C@@H]2c3cc4c(cc3C[C@H]3COC(=O)N32)OCO4)cc2c1OCO2. The minimum atomic E-state index is -0.346. The highest BCUT2D eigenvalue weighted by Crippen LogP contribution is 2.49. The summed E-state index contributed by atoms with van der Waals surface area (Å²) in [6, 6.07) is 7.37. The Balaban J connectivity index is 1.56. The van der Waals surface area contributed by atoms with Crippen molar-refractivity contribution in [3.63, 3.8) is 0 Å². The molecule has 0 N–H and O–H groups in total. The summed E-state index contributed by atoms with van der Waals surface area (Å²) in [5.74, 6) is 3.17. The van der Waals surface area contributed by atoms with Crippen molar-refractivity contribution >= 4 is 6.09 Å². The highest BCUT2D eigenvalue weighted by atomic mass is 16.7. The molecule has 8 nitrogen and oxygen atoms in total. The third-order valence-electron chi connectivity index (χ3n) is 5.66. The number of fused-ring (bicyclic) bond motifs is 4. The summed E-state index contributed by atoms with van der Waals surface area (Å²) in [6.45, 7) is 0.713. The molecule has 2 aromatic rings. The van der Waals surface area contributed by atoms with Crippen molar-refractivity contribution < 1.29 is 33.2 Å². The van der Waals surface area contributed by atoms with Gasteiger partial charge in [0, 0.05) is 0 Å². The molecule has 1 amide bonds. The summed E-state index contributed by atoms with van der Waals surface area (Å²) in [5, 5.41) is 0. The number of rotatable bonds is 2. The number of methoxy groups -OCH3 is 1. The Morgan fingerprint density at radius 2 is 1.75 bits per heavy atom. The van der Waals surface area contributed by atoms with Gasteiger partial charge in [0.2, 0.25) is 19.3 Å². The van der Waals surface area contributed by atoms with Crippen LogP contribution in [-0.4, -0.2) is 44.3 Å². The smallest absolute Gasteiger partial charge is 0.411 e. The van der Waals surface area contributed by atoms with Crippen molar-refractivity contribution in [2.45, 2.75) is 18.5 Å². The van der Waals surface area contributed by atoms with Crippen molar-refractivity contribution in [1.82, 2.24) is 4.90 Å². The predicted molar refractivity (Wildman–Crippen MR) is 94.2 cm³/mol. The van der Waals surface area contributed by atoms with Gasteiger partial charge >= 0.3 is 6.09 Å². The molecule has 0 aromatic heterocycles. The summed E-state index contributed by atoms with van der Waals surface area (Å²) < 4.78 is 33.1. The second-order valence-electron chi connectivity index (χ2n) is 7.11. The summed E-state index contributed by atoms with van der Waals surface area (Å²) in [7, 11) is 1.58. The summed E-state index contributed by atoms with van der Waals surface area (Å²) in [6.07, 6.45) is 0.380. The standard InChI is InChI=1S/C20H17NO7/c1-23-16-4-11(5-17-19(16)28-9-27-17)18-13-6-15-14(25-8-26-15)3-10(13)2-12-7-24-20(22)21(12)18/h3-6,12,18H,2,7-9H2,1H3/t12-,18+/m0/s1. The minimum absolute atomic E-state index is 0.0400. The molecule has 4 aliphatic heterocycles. The predicted octanol–water partition coefficient (Wildman–Crippen LogP) is 2.62. The number of carbonyl (C=O) groups is 1. The zero-order valence-corrected chi connectivity index (χ0v) is 15.1. The fraction of sp³-hybridized carbons (Fsp3) is 0.350. The number of amides is 1. The first-order valence-corrected chi connectivity index (χ1v) is 9.08. The van der Waals surface area contributed by atoms with Crippen LogP contribution >= 0.6 is 0 Å². The molecule has 1 fully saturated rings. The lowest BCUT2D eigenvalue weighted by Gasteiger charge is -2.37. The summed E-state index contributed by atoms with van der Waals surface area (Å²) in [5.41, 5.74) is 2.97. The van der Waals surface area contributed by atoms with Crippen LogP contribution < -0.4 is 23.7 Å². The molecule has 144 valence electrons. The van der Waals surface area contributed by atoms with E-state index < -0.39 is 0 Å². The number of hydrogen-bond donors (Lipinski definition) is 0. The van der Waals surface area contributed by atoms with Crippen LogP contribution in [0.3, 0.4) is 0 Å². The summed E-state index contributed by atoms with van der Waals surface area (Å²) >= 11 is 0. The lowest BCUT2D eigenvalue weighted by atomic mass is 9.85. The van der Waals surface area contributed by atoms with Crippen LogP contribution in [0.2, 0.25) is 0 Å². The van der Waals surface area contributed by atoms with Crippen LogP contribution in [0.15, 0.2) is 24.3 Å². The molecule has 0 saturated carbocycles. The maximum absolute atomic E-state index is 12.6. The molecule has 0 aliphatic carbocycles. The van der Waals surface area contributed by atoms with Gasteiger partial charge in [-0.25, -0.2) is 4.79 Å². The molecule has 0 radical (unpaired) electrons. The number of hydrogen-bond acceptors (Lipinski definition) is 7. The molecule has 0 unspecified atom stereocenters. The molecule has 0 spiro atoms. The van der Waals surface area contributed by atoms with Gasteiger partial charge in [0.05, 0.1) is 19.2 Å². The van der Waals surface area contributed by atoms with E-state index in [-0.39, 0.29) is 31.8 Å². The van der Waals surface area contributed by atoms with Crippen LogP contribution in [0.5, 0.6) is 28.7 Å². The lowest BCUT2D eigenvalue weighted by molar-refractivity contribution is 0.147. The highest BCUT2D eigenvalue weighted by Gasteiger charge is 2.45. The fourth-order valence-electron chi connectivity index (χ4n) is 4.43. The van der Waals surface area contributed by atoms with Gasteiger partial charge in [-0.2, -0.15) is 0 Å². The van der Waals surface area contributed by atoms with Crippen molar-refractivity contribution in [2.24, 2.45) is 0 Å². The van der Waals surface area contributed by atoms with Gasteiger partial charge in [-0.3, -0.25) is 4.90 Å². The quantitative estimate of drug-likeness (QED) is 0.789. The highest BCUT2D eigenvalue weighted by molar-refractivity contribution is 5.73.